The number of aliphatic carboxylic acids is 1. The van der Waals surface area contributed by atoms with Crippen molar-refractivity contribution in [3.8, 4) is 5.75 Å². The van der Waals surface area contributed by atoms with Crippen LogP contribution in [-0.2, 0) is 4.79 Å². The lowest BCUT2D eigenvalue weighted by atomic mass is 10.1. The summed E-state index contributed by atoms with van der Waals surface area (Å²) in [5.41, 5.74) is 0.290. The molecule has 1 rings (SSSR count). The van der Waals surface area contributed by atoms with Gasteiger partial charge in [0.15, 0.2) is 6.61 Å². The summed E-state index contributed by atoms with van der Waals surface area (Å²) in [6.45, 7) is 5.26. The van der Waals surface area contributed by atoms with Crippen LogP contribution in [0.3, 0.4) is 0 Å². The highest BCUT2D eigenvalue weighted by Gasteiger charge is 2.13. The molecular formula is C13H18N2O4. The maximum absolute atomic E-state index is 11.6. The van der Waals surface area contributed by atoms with Gasteiger partial charge in [-0.2, -0.15) is 0 Å². The minimum atomic E-state index is -1.04. The van der Waals surface area contributed by atoms with Crippen molar-refractivity contribution in [2.75, 3.05) is 11.9 Å². The number of ether oxygens (including phenoxy) is 1. The third kappa shape index (κ3) is 6.30. The second-order valence-corrected chi connectivity index (χ2v) is 5.04. The number of urea groups is 1. The summed E-state index contributed by atoms with van der Waals surface area (Å²) in [6.07, 6.45) is 0. The molecule has 0 fully saturated rings. The summed E-state index contributed by atoms with van der Waals surface area (Å²) in [5.74, 6) is -0.601. The average Bonchev–Trinajstić information content (AvgIpc) is 2.25. The summed E-state index contributed by atoms with van der Waals surface area (Å²) < 4.78 is 4.98. The quantitative estimate of drug-likeness (QED) is 0.778. The molecule has 0 saturated carbocycles. The van der Waals surface area contributed by atoms with Crippen molar-refractivity contribution in [2.24, 2.45) is 0 Å². The van der Waals surface area contributed by atoms with E-state index in [0.29, 0.717) is 11.4 Å². The molecule has 0 aromatic heterocycles. The number of carboxylic acid groups (broad SMARTS) is 1. The Labute approximate surface area is 111 Å². The summed E-state index contributed by atoms with van der Waals surface area (Å²) in [6, 6.07) is 6.16. The Hall–Kier alpha value is -2.24. The fourth-order valence-electron chi connectivity index (χ4n) is 1.28. The lowest BCUT2D eigenvalue weighted by Gasteiger charge is -2.20. The molecule has 0 radical (unpaired) electrons. The minimum absolute atomic E-state index is 0.299. The Morgan fingerprint density at radius 1 is 1.21 bits per heavy atom. The molecule has 0 saturated heterocycles. The number of rotatable bonds is 4. The maximum Gasteiger partial charge on any atom is 0.341 e. The topological polar surface area (TPSA) is 87.7 Å². The second kappa shape index (κ2) is 6.08. The lowest BCUT2D eigenvalue weighted by molar-refractivity contribution is -0.139. The number of hydrogen-bond acceptors (Lipinski definition) is 3. The van der Waals surface area contributed by atoms with Gasteiger partial charge in [-0.1, -0.05) is 0 Å². The van der Waals surface area contributed by atoms with Gasteiger partial charge in [0.25, 0.3) is 0 Å². The van der Waals surface area contributed by atoms with Crippen molar-refractivity contribution in [3.63, 3.8) is 0 Å². The molecular weight excluding hydrogens is 248 g/mol. The molecule has 1 aromatic carbocycles. The number of benzene rings is 1. The SMILES string of the molecule is CC(C)(C)NC(=O)Nc1ccc(OCC(=O)O)cc1. The number of carboxylic acids is 1. The van der Waals surface area contributed by atoms with Gasteiger partial charge in [-0.05, 0) is 45.0 Å². The van der Waals surface area contributed by atoms with Crippen molar-refractivity contribution >= 4 is 17.7 Å². The molecule has 1 aromatic rings. The molecule has 3 N–H and O–H groups in total. The van der Waals surface area contributed by atoms with Crippen LogP contribution < -0.4 is 15.4 Å². The van der Waals surface area contributed by atoms with Crippen LogP contribution in [0.1, 0.15) is 20.8 Å². The molecule has 104 valence electrons. The first-order valence-corrected chi connectivity index (χ1v) is 5.80. The van der Waals surface area contributed by atoms with Gasteiger partial charge in [-0.3, -0.25) is 0 Å². The van der Waals surface area contributed by atoms with Crippen LogP contribution in [-0.4, -0.2) is 29.3 Å². The summed E-state index contributed by atoms with van der Waals surface area (Å²) >= 11 is 0. The first kappa shape index (κ1) is 14.8. The van der Waals surface area contributed by atoms with Gasteiger partial charge < -0.3 is 20.5 Å². The zero-order valence-corrected chi connectivity index (χ0v) is 11.2. The van der Waals surface area contributed by atoms with Crippen LogP contribution in [0.5, 0.6) is 5.75 Å². The number of anilines is 1. The lowest BCUT2D eigenvalue weighted by Crippen LogP contribution is -2.43. The van der Waals surface area contributed by atoms with Crippen molar-refractivity contribution < 1.29 is 19.4 Å². The fourth-order valence-corrected chi connectivity index (χ4v) is 1.28. The number of amides is 2. The van der Waals surface area contributed by atoms with E-state index in [-0.39, 0.29) is 11.6 Å². The zero-order valence-electron chi connectivity index (χ0n) is 11.2. The normalized spacial score (nSPS) is 10.7. The average molecular weight is 266 g/mol. The van der Waals surface area contributed by atoms with E-state index in [0.717, 1.165) is 0 Å². The fraction of sp³-hybridized carbons (Fsp3) is 0.385. The monoisotopic (exact) mass is 266 g/mol. The molecule has 19 heavy (non-hydrogen) atoms. The summed E-state index contributed by atoms with van der Waals surface area (Å²) in [5, 5.41) is 13.9. The Morgan fingerprint density at radius 2 is 1.79 bits per heavy atom. The third-order valence-electron chi connectivity index (χ3n) is 1.96. The second-order valence-electron chi connectivity index (χ2n) is 5.04. The highest BCUT2D eigenvalue weighted by molar-refractivity contribution is 5.89. The van der Waals surface area contributed by atoms with Crippen LogP contribution in [0.4, 0.5) is 10.5 Å². The van der Waals surface area contributed by atoms with Crippen LogP contribution in [0.25, 0.3) is 0 Å². The van der Waals surface area contributed by atoms with Gasteiger partial charge in [0.2, 0.25) is 0 Å². The molecule has 0 aliphatic heterocycles. The molecule has 6 nitrogen and oxygen atoms in total. The van der Waals surface area contributed by atoms with Gasteiger partial charge in [-0.25, -0.2) is 9.59 Å². The van der Waals surface area contributed by atoms with Crippen LogP contribution >= 0.6 is 0 Å². The van der Waals surface area contributed by atoms with Crippen molar-refractivity contribution in [1.29, 1.82) is 0 Å². The minimum Gasteiger partial charge on any atom is -0.482 e. The first-order chi connectivity index (χ1) is 8.76. The van der Waals surface area contributed by atoms with Gasteiger partial charge in [-0.15, -0.1) is 0 Å². The molecule has 0 atom stereocenters. The van der Waals surface area contributed by atoms with E-state index < -0.39 is 12.6 Å². The van der Waals surface area contributed by atoms with Gasteiger partial charge >= 0.3 is 12.0 Å². The van der Waals surface area contributed by atoms with Crippen molar-refractivity contribution in [3.05, 3.63) is 24.3 Å². The van der Waals surface area contributed by atoms with E-state index in [9.17, 15) is 9.59 Å². The van der Waals surface area contributed by atoms with Crippen LogP contribution in [0.15, 0.2) is 24.3 Å². The highest BCUT2D eigenvalue weighted by atomic mass is 16.5. The Bertz CT molecular complexity index is 449. The highest BCUT2D eigenvalue weighted by Crippen LogP contribution is 2.15. The van der Waals surface area contributed by atoms with Gasteiger partial charge in [0.05, 0.1) is 0 Å². The maximum atomic E-state index is 11.6. The molecule has 0 unspecified atom stereocenters. The smallest absolute Gasteiger partial charge is 0.341 e. The van der Waals surface area contributed by atoms with Crippen LogP contribution in [0.2, 0.25) is 0 Å². The Balaban J connectivity index is 2.52. The molecule has 6 heteroatoms. The number of hydrogen-bond donors (Lipinski definition) is 3. The van der Waals surface area contributed by atoms with Crippen LogP contribution in [0, 0.1) is 0 Å². The molecule has 0 aliphatic rings. The number of nitrogens with one attached hydrogen (secondary N) is 2. The van der Waals surface area contributed by atoms with E-state index >= 15 is 0 Å². The van der Waals surface area contributed by atoms with E-state index in [1.165, 1.54) is 0 Å². The standard InChI is InChI=1S/C13H18N2O4/c1-13(2,3)15-12(18)14-9-4-6-10(7-5-9)19-8-11(16)17/h4-7H,8H2,1-3H3,(H,16,17)(H2,14,15,18). The predicted octanol–water partition coefficient (Wildman–Crippen LogP) is 2.07. The van der Waals surface area contributed by atoms with E-state index in [2.05, 4.69) is 10.6 Å². The third-order valence-corrected chi connectivity index (χ3v) is 1.96. The van der Waals surface area contributed by atoms with E-state index in [4.69, 9.17) is 9.84 Å². The molecule has 0 aliphatic carbocycles. The van der Waals surface area contributed by atoms with E-state index in [1.807, 2.05) is 20.8 Å². The van der Waals surface area contributed by atoms with Crippen molar-refractivity contribution in [2.45, 2.75) is 26.3 Å². The van der Waals surface area contributed by atoms with E-state index in [1.54, 1.807) is 24.3 Å². The number of carbonyl (C=O) groups is 2. The number of carbonyl (C=O) groups excluding carboxylic acids is 1. The first-order valence-electron chi connectivity index (χ1n) is 5.80. The van der Waals surface area contributed by atoms with Gasteiger partial charge in [0.1, 0.15) is 5.75 Å². The predicted molar refractivity (Wildman–Crippen MR) is 71.5 cm³/mol. The van der Waals surface area contributed by atoms with Crippen molar-refractivity contribution in [1.82, 2.24) is 5.32 Å². The van der Waals surface area contributed by atoms with Gasteiger partial charge in [0, 0.05) is 11.2 Å². The molecule has 2 amide bonds. The summed E-state index contributed by atoms with van der Waals surface area (Å²) in [7, 11) is 0. The largest absolute Gasteiger partial charge is 0.482 e. The molecule has 0 heterocycles. The molecule has 0 spiro atoms. The molecule has 0 bridgehead atoms. The summed E-state index contributed by atoms with van der Waals surface area (Å²) in [4.78, 5) is 21.9. The Morgan fingerprint density at radius 3 is 2.26 bits per heavy atom. The zero-order chi connectivity index (χ0) is 14.5. The Kier molecular flexibility index (Phi) is 4.74.